The highest BCUT2D eigenvalue weighted by molar-refractivity contribution is 9.10. The zero-order valence-corrected chi connectivity index (χ0v) is 20.3. The second-order valence-corrected chi connectivity index (χ2v) is 9.07. The molecule has 4 rings (SSSR count). The Labute approximate surface area is 206 Å². The average Bonchev–Trinajstić information content (AvgIpc) is 3.27. The quantitative estimate of drug-likeness (QED) is 0.201. The average molecular weight is 518 g/mol. The minimum absolute atomic E-state index is 0.0517. The summed E-state index contributed by atoms with van der Waals surface area (Å²) in [7, 11) is 0. The zero-order valence-electron chi connectivity index (χ0n) is 18.7. The Morgan fingerprint density at radius 1 is 0.941 bits per heavy atom. The summed E-state index contributed by atoms with van der Waals surface area (Å²) in [5.74, 6) is -0.247. The number of benzene rings is 3. The predicted octanol–water partition coefficient (Wildman–Crippen LogP) is 6.36. The number of amides is 1. The van der Waals surface area contributed by atoms with Gasteiger partial charge in [-0.3, -0.25) is 14.9 Å². The van der Waals surface area contributed by atoms with Crippen molar-refractivity contribution in [2.45, 2.75) is 26.6 Å². The van der Waals surface area contributed by atoms with Crippen molar-refractivity contribution in [3.05, 3.63) is 134 Å². The monoisotopic (exact) mass is 517 g/mol. The molecule has 0 saturated heterocycles. The molecule has 34 heavy (non-hydrogen) atoms. The largest absolute Gasteiger partial charge is 0.345 e. The van der Waals surface area contributed by atoms with Gasteiger partial charge < -0.3 is 9.47 Å². The molecular weight excluding hydrogens is 494 g/mol. The summed E-state index contributed by atoms with van der Waals surface area (Å²) in [6, 6.07) is 26.5. The number of aryl methyl sites for hydroxylation is 1. The molecule has 0 saturated carbocycles. The number of nitrogens with zero attached hydrogens (tertiary/aromatic N) is 3. The molecule has 1 aromatic heterocycles. The summed E-state index contributed by atoms with van der Waals surface area (Å²) in [6.07, 6.45) is 2.00. The third-order valence-electron chi connectivity index (χ3n) is 5.70. The van der Waals surface area contributed by atoms with Crippen molar-refractivity contribution in [3.63, 3.8) is 0 Å². The van der Waals surface area contributed by atoms with Crippen molar-refractivity contribution >= 4 is 27.5 Å². The van der Waals surface area contributed by atoms with Gasteiger partial charge >= 0.3 is 0 Å². The van der Waals surface area contributed by atoms with Gasteiger partial charge in [0.15, 0.2) is 0 Å². The standard InChI is InChI=1S/C27H24BrN3O3/c1-20-9-12-23(16-26(20)31(33)34)27(32)30(18-21-6-3-2-4-7-21)19-25-8-5-15-29(25)17-22-10-13-24(28)14-11-22/h2-16H,17-19H2,1H3. The maximum Gasteiger partial charge on any atom is 0.273 e. The lowest BCUT2D eigenvalue weighted by molar-refractivity contribution is -0.385. The molecule has 0 atom stereocenters. The predicted molar refractivity (Wildman–Crippen MR) is 136 cm³/mol. The number of halogens is 1. The summed E-state index contributed by atoms with van der Waals surface area (Å²) in [5, 5.41) is 11.4. The van der Waals surface area contributed by atoms with Crippen LogP contribution in [0.3, 0.4) is 0 Å². The van der Waals surface area contributed by atoms with E-state index >= 15 is 0 Å². The van der Waals surface area contributed by atoms with Crippen molar-refractivity contribution in [1.82, 2.24) is 9.47 Å². The number of rotatable bonds is 8. The van der Waals surface area contributed by atoms with E-state index in [4.69, 9.17) is 0 Å². The number of hydrogen-bond donors (Lipinski definition) is 0. The molecule has 172 valence electrons. The number of aromatic nitrogens is 1. The van der Waals surface area contributed by atoms with Gasteiger partial charge in [-0.15, -0.1) is 0 Å². The lowest BCUT2D eigenvalue weighted by Crippen LogP contribution is -2.31. The van der Waals surface area contributed by atoms with Gasteiger partial charge in [0, 0.05) is 46.6 Å². The van der Waals surface area contributed by atoms with Crippen LogP contribution in [-0.2, 0) is 19.6 Å². The van der Waals surface area contributed by atoms with E-state index in [1.165, 1.54) is 6.07 Å². The fourth-order valence-corrected chi connectivity index (χ4v) is 4.12. The van der Waals surface area contributed by atoms with Gasteiger partial charge in [0.25, 0.3) is 11.6 Å². The van der Waals surface area contributed by atoms with Gasteiger partial charge in [-0.25, -0.2) is 0 Å². The van der Waals surface area contributed by atoms with Crippen LogP contribution in [0.15, 0.2) is 95.6 Å². The summed E-state index contributed by atoms with van der Waals surface area (Å²) in [4.78, 5) is 26.3. The second-order valence-electron chi connectivity index (χ2n) is 8.16. The maximum atomic E-state index is 13.6. The number of nitro benzene ring substituents is 1. The van der Waals surface area contributed by atoms with Crippen LogP contribution in [0.25, 0.3) is 0 Å². The smallest absolute Gasteiger partial charge is 0.273 e. The number of hydrogen-bond acceptors (Lipinski definition) is 3. The normalized spacial score (nSPS) is 10.8. The zero-order chi connectivity index (χ0) is 24.1. The maximum absolute atomic E-state index is 13.6. The minimum atomic E-state index is -0.447. The summed E-state index contributed by atoms with van der Waals surface area (Å²) < 4.78 is 3.14. The molecule has 0 unspecified atom stereocenters. The third kappa shape index (κ3) is 5.61. The minimum Gasteiger partial charge on any atom is -0.345 e. The molecule has 0 bridgehead atoms. The molecule has 7 heteroatoms. The van der Waals surface area contributed by atoms with Crippen LogP contribution in [0.2, 0.25) is 0 Å². The van der Waals surface area contributed by atoms with E-state index in [9.17, 15) is 14.9 Å². The second kappa shape index (κ2) is 10.5. The SMILES string of the molecule is Cc1ccc(C(=O)N(Cc2ccccc2)Cc2cccn2Cc2ccc(Br)cc2)cc1[N+](=O)[O-]. The van der Waals surface area contributed by atoms with Crippen LogP contribution >= 0.6 is 15.9 Å². The van der Waals surface area contributed by atoms with Crippen molar-refractivity contribution in [2.75, 3.05) is 0 Å². The molecule has 6 nitrogen and oxygen atoms in total. The van der Waals surface area contributed by atoms with Gasteiger partial charge in [-0.05, 0) is 48.4 Å². The number of carbonyl (C=O) groups is 1. The van der Waals surface area contributed by atoms with Crippen LogP contribution in [0.5, 0.6) is 0 Å². The van der Waals surface area contributed by atoms with Crippen LogP contribution in [0, 0.1) is 17.0 Å². The van der Waals surface area contributed by atoms with Gasteiger partial charge in [0.05, 0.1) is 11.5 Å². The Hall–Kier alpha value is -3.71. The molecule has 1 heterocycles. The fourth-order valence-electron chi connectivity index (χ4n) is 3.85. The van der Waals surface area contributed by atoms with Crippen LogP contribution in [-0.4, -0.2) is 20.3 Å². The van der Waals surface area contributed by atoms with E-state index in [1.54, 1.807) is 24.0 Å². The number of carbonyl (C=O) groups excluding carboxylic acids is 1. The molecule has 0 N–H and O–H groups in total. The van der Waals surface area contributed by atoms with E-state index in [2.05, 4.69) is 32.6 Å². The van der Waals surface area contributed by atoms with Crippen molar-refractivity contribution in [3.8, 4) is 0 Å². The topological polar surface area (TPSA) is 68.4 Å². The van der Waals surface area contributed by atoms with Crippen LogP contribution < -0.4 is 0 Å². The summed E-state index contributed by atoms with van der Waals surface area (Å²) in [5.41, 5.74) is 3.90. The highest BCUT2D eigenvalue weighted by atomic mass is 79.9. The van der Waals surface area contributed by atoms with Crippen LogP contribution in [0.4, 0.5) is 5.69 Å². The lowest BCUT2D eigenvalue weighted by atomic mass is 10.1. The van der Waals surface area contributed by atoms with E-state index in [-0.39, 0.29) is 11.6 Å². The Bertz CT molecular complexity index is 1300. The van der Waals surface area contributed by atoms with Gasteiger partial charge in [-0.2, -0.15) is 0 Å². The van der Waals surface area contributed by atoms with Gasteiger partial charge in [0.2, 0.25) is 0 Å². The lowest BCUT2D eigenvalue weighted by Gasteiger charge is -2.24. The molecule has 0 aliphatic rings. The highest BCUT2D eigenvalue weighted by Gasteiger charge is 2.21. The Balaban J connectivity index is 1.63. The fraction of sp³-hybridized carbons (Fsp3) is 0.148. The van der Waals surface area contributed by atoms with E-state index in [0.29, 0.717) is 30.8 Å². The molecule has 0 fully saturated rings. The molecule has 0 spiro atoms. The van der Waals surface area contributed by atoms with Gasteiger partial charge in [0.1, 0.15) is 0 Å². The Morgan fingerprint density at radius 3 is 2.38 bits per heavy atom. The van der Waals surface area contributed by atoms with Crippen molar-refractivity contribution in [1.29, 1.82) is 0 Å². The first-order chi connectivity index (χ1) is 16.4. The van der Waals surface area contributed by atoms with E-state index < -0.39 is 4.92 Å². The van der Waals surface area contributed by atoms with Crippen molar-refractivity contribution in [2.24, 2.45) is 0 Å². The van der Waals surface area contributed by atoms with E-state index in [0.717, 1.165) is 21.3 Å². The molecular formula is C27H24BrN3O3. The molecule has 1 amide bonds. The third-order valence-corrected chi connectivity index (χ3v) is 6.23. The Kier molecular flexibility index (Phi) is 7.23. The molecule has 4 aromatic rings. The first-order valence-corrected chi connectivity index (χ1v) is 11.7. The van der Waals surface area contributed by atoms with E-state index in [1.807, 2.05) is 60.8 Å². The first-order valence-electron chi connectivity index (χ1n) is 10.9. The number of nitro groups is 1. The van der Waals surface area contributed by atoms with Crippen molar-refractivity contribution < 1.29 is 9.72 Å². The first kappa shape index (κ1) is 23.4. The highest BCUT2D eigenvalue weighted by Crippen LogP contribution is 2.22. The summed E-state index contributed by atoms with van der Waals surface area (Å²) in [6.45, 7) is 3.12. The molecule has 0 radical (unpaired) electrons. The summed E-state index contributed by atoms with van der Waals surface area (Å²) >= 11 is 3.47. The Morgan fingerprint density at radius 2 is 1.68 bits per heavy atom. The molecule has 0 aliphatic heterocycles. The van der Waals surface area contributed by atoms with Crippen LogP contribution in [0.1, 0.15) is 32.7 Å². The molecule has 0 aliphatic carbocycles. The molecule has 3 aromatic carbocycles. The van der Waals surface area contributed by atoms with Gasteiger partial charge in [-0.1, -0.05) is 64.5 Å².